The van der Waals surface area contributed by atoms with Gasteiger partial charge in [0.25, 0.3) is 11.2 Å². The van der Waals surface area contributed by atoms with Crippen molar-refractivity contribution >= 4 is 5.69 Å². The fraction of sp³-hybridized carbons (Fsp3) is 0.105. The second-order valence-electron chi connectivity index (χ2n) is 5.54. The average Bonchev–Trinajstić information content (AvgIpc) is 2.64. The quantitative estimate of drug-likeness (QED) is 0.528. The zero-order chi connectivity index (χ0) is 17.8. The molecule has 1 aromatic heterocycles. The Morgan fingerprint density at radius 3 is 2.44 bits per heavy atom. The Morgan fingerprint density at radius 2 is 1.76 bits per heavy atom. The first-order valence-electron chi connectivity index (χ1n) is 7.65. The molecule has 25 heavy (non-hydrogen) atoms. The smallest absolute Gasteiger partial charge is 0.269 e. The highest BCUT2D eigenvalue weighted by molar-refractivity contribution is 5.63. The molecule has 1 heterocycles. The maximum atomic E-state index is 12.1. The van der Waals surface area contributed by atoms with Gasteiger partial charge in [0.2, 0.25) is 0 Å². The van der Waals surface area contributed by atoms with Crippen molar-refractivity contribution in [2.45, 2.75) is 6.54 Å². The molecule has 2 aromatic carbocycles. The molecule has 0 radical (unpaired) electrons. The highest BCUT2D eigenvalue weighted by Gasteiger charge is 2.07. The molecule has 0 aliphatic carbocycles. The molecule has 0 bridgehead atoms. The van der Waals surface area contributed by atoms with Gasteiger partial charge in [0.05, 0.1) is 18.6 Å². The number of rotatable bonds is 5. The molecule has 6 heteroatoms. The highest BCUT2D eigenvalue weighted by Crippen LogP contribution is 2.21. The van der Waals surface area contributed by atoms with Gasteiger partial charge >= 0.3 is 0 Å². The summed E-state index contributed by atoms with van der Waals surface area (Å²) in [5.74, 6) is 0.758. The summed E-state index contributed by atoms with van der Waals surface area (Å²) in [6.45, 7) is 0.268. The topological polar surface area (TPSA) is 74.4 Å². The summed E-state index contributed by atoms with van der Waals surface area (Å²) >= 11 is 0. The molecule has 0 atom stereocenters. The van der Waals surface area contributed by atoms with Crippen LogP contribution in [-0.4, -0.2) is 16.6 Å². The average molecular weight is 336 g/mol. The van der Waals surface area contributed by atoms with Gasteiger partial charge in [-0.2, -0.15) is 0 Å². The summed E-state index contributed by atoms with van der Waals surface area (Å²) < 4.78 is 6.69. The summed E-state index contributed by atoms with van der Waals surface area (Å²) in [7, 11) is 1.61. The summed E-state index contributed by atoms with van der Waals surface area (Å²) in [4.78, 5) is 22.6. The van der Waals surface area contributed by atoms with E-state index in [1.54, 1.807) is 36.1 Å². The van der Waals surface area contributed by atoms with Crippen molar-refractivity contribution in [3.63, 3.8) is 0 Å². The Balaban J connectivity index is 1.92. The van der Waals surface area contributed by atoms with Crippen molar-refractivity contribution in [1.82, 2.24) is 4.57 Å². The molecule has 0 N–H and O–H groups in total. The third-order valence-electron chi connectivity index (χ3n) is 3.88. The van der Waals surface area contributed by atoms with E-state index in [-0.39, 0.29) is 17.8 Å². The minimum absolute atomic E-state index is 0.0110. The number of methoxy groups -OCH3 is 1. The molecule has 0 aliphatic rings. The molecule has 0 aliphatic heterocycles. The third-order valence-corrected chi connectivity index (χ3v) is 3.88. The lowest BCUT2D eigenvalue weighted by Crippen LogP contribution is -2.19. The third kappa shape index (κ3) is 3.74. The monoisotopic (exact) mass is 336 g/mol. The predicted molar refractivity (Wildman–Crippen MR) is 94.9 cm³/mol. The normalized spacial score (nSPS) is 10.4. The van der Waals surface area contributed by atoms with E-state index in [1.165, 1.54) is 18.2 Å². The van der Waals surface area contributed by atoms with Crippen LogP contribution in [0.3, 0.4) is 0 Å². The van der Waals surface area contributed by atoms with Crippen molar-refractivity contribution in [3.8, 4) is 16.9 Å². The van der Waals surface area contributed by atoms with Gasteiger partial charge < -0.3 is 9.30 Å². The second kappa shape index (κ2) is 7.00. The van der Waals surface area contributed by atoms with E-state index in [1.807, 2.05) is 24.3 Å². The van der Waals surface area contributed by atoms with Crippen LogP contribution in [-0.2, 0) is 6.54 Å². The molecule has 0 fully saturated rings. The predicted octanol–water partition coefficient (Wildman–Crippen LogP) is 3.48. The first-order chi connectivity index (χ1) is 12.1. The molecule has 6 nitrogen and oxygen atoms in total. The standard InChI is InChI=1S/C19H16N2O4/c1-25-18-8-5-15(6-9-18)16-7-10-19(22)20(13-16)12-14-3-2-4-17(11-14)21(23)24/h2-11,13H,12H2,1H3. The summed E-state index contributed by atoms with van der Waals surface area (Å²) in [5, 5.41) is 10.9. The van der Waals surface area contributed by atoms with Crippen LogP contribution in [0.2, 0.25) is 0 Å². The minimum Gasteiger partial charge on any atom is -0.497 e. The van der Waals surface area contributed by atoms with E-state index in [2.05, 4.69) is 0 Å². The van der Waals surface area contributed by atoms with Crippen LogP contribution in [0.15, 0.2) is 71.7 Å². The van der Waals surface area contributed by atoms with Crippen molar-refractivity contribution in [2.75, 3.05) is 7.11 Å². The fourth-order valence-electron chi connectivity index (χ4n) is 2.57. The second-order valence-corrected chi connectivity index (χ2v) is 5.54. The molecule has 0 unspecified atom stereocenters. The number of nitro benzene ring substituents is 1. The van der Waals surface area contributed by atoms with Crippen molar-refractivity contribution in [3.05, 3.63) is 92.9 Å². The summed E-state index contributed by atoms with van der Waals surface area (Å²) in [6, 6.07) is 17.1. The summed E-state index contributed by atoms with van der Waals surface area (Å²) in [5.41, 5.74) is 2.38. The summed E-state index contributed by atoms with van der Waals surface area (Å²) in [6.07, 6.45) is 1.75. The number of nitrogens with zero attached hydrogens (tertiary/aromatic N) is 2. The number of aromatic nitrogens is 1. The Morgan fingerprint density at radius 1 is 1.04 bits per heavy atom. The number of ether oxygens (including phenoxy) is 1. The van der Waals surface area contributed by atoms with Gasteiger partial charge in [-0.1, -0.05) is 24.3 Å². The van der Waals surface area contributed by atoms with Crippen LogP contribution in [0, 0.1) is 10.1 Å². The Hall–Kier alpha value is -3.41. The fourth-order valence-corrected chi connectivity index (χ4v) is 2.57. The van der Waals surface area contributed by atoms with Crippen LogP contribution < -0.4 is 10.3 Å². The molecule has 3 aromatic rings. The van der Waals surface area contributed by atoms with Gasteiger partial charge in [0.15, 0.2) is 0 Å². The van der Waals surface area contributed by atoms with Gasteiger partial charge in [-0.25, -0.2) is 0 Å². The maximum absolute atomic E-state index is 12.1. The van der Waals surface area contributed by atoms with Gasteiger partial charge in [-0.3, -0.25) is 14.9 Å². The van der Waals surface area contributed by atoms with Gasteiger partial charge in [-0.05, 0) is 34.9 Å². The van der Waals surface area contributed by atoms with Crippen LogP contribution >= 0.6 is 0 Å². The Kier molecular flexibility index (Phi) is 4.61. The maximum Gasteiger partial charge on any atom is 0.269 e. The molecule has 0 amide bonds. The molecule has 0 saturated heterocycles. The van der Waals surface area contributed by atoms with Crippen LogP contribution in [0.5, 0.6) is 5.75 Å². The van der Waals surface area contributed by atoms with Crippen LogP contribution in [0.25, 0.3) is 11.1 Å². The van der Waals surface area contributed by atoms with Crippen molar-refractivity contribution in [2.24, 2.45) is 0 Å². The number of hydrogen-bond donors (Lipinski definition) is 0. The van der Waals surface area contributed by atoms with E-state index in [0.717, 1.165) is 16.9 Å². The molecular formula is C19H16N2O4. The largest absolute Gasteiger partial charge is 0.497 e. The number of nitro groups is 1. The highest BCUT2D eigenvalue weighted by atomic mass is 16.6. The van der Waals surface area contributed by atoms with Gasteiger partial charge in [0, 0.05) is 24.4 Å². The SMILES string of the molecule is COc1ccc(-c2ccc(=O)n(Cc3cccc([N+](=O)[O-])c3)c2)cc1. The van der Waals surface area contributed by atoms with Crippen molar-refractivity contribution < 1.29 is 9.66 Å². The Labute approximate surface area is 144 Å². The number of hydrogen-bond acceptors (Lipinski definition) is 4. The number of non-ortho nitro benzene ring substituents is 1. The first kappa shape index (κ1) is 16.4. The molecule has 3 rings (SSSR count). The van der Waals surface area contributed by atoms with Crippen molar-refractivity contribution in [1.29, 1.82) is 0 Å². The van der Waals surface area contributed by atoms with E-state index in [0.29, 0.717) is 5.56 Å². The lowest BCUT2D eigenvalue weighted by molar-refractivity contribution is -0.384. The number of pyridine rings is 1. The molecule has 0 spiro atoms. The van der Waals surface area contributed by atoms with Crippen LogP contribution in [0.1, 0.15) is 5.56 Å². The van der Waals surface area contributed by atoms with Gasteiger partial charge in [-0.15, -0.1) is 0 Å². The number of benzene rings is 2. The first-order valence-corrected chi connectivity index (χ1v) is 7.65. The Bertz CT molecular complexity index is 962. The van der Waals surface area contributed by atoms with E-state index in [9.17, 15) is 14.9 Å². The molecule has 0 saturated carbocycles. The van der Waals surface area contributed by atoms with E-state index in [4.69, 9.17) is 4.74 Å². The molecular weight excluding hydrogens is 320 g/mol. The van der Waals surface area contributed by atoms with Gasteiger partial charge in [0.1, 0.15) is 5.75 Å². The lowest BCUT2D eigenvalue weighted by atomic mass is 10.1. The minimum atomic E-state index is -0.444. The van der Waals surface area contributed by atoms with Crippen LogP contribution in [0.4, 0.5) is 5.69 Å². The van der Waals surface area contributed by atoms with E-state index < -0.39 is 4.92 Å². The zero-order valence-corrected chi connectivity index (χ0v) is 13.6. The lowest BCUT2D eigenvalue weighted by Gasteiger charge is -2.09. The zero-order valence-electron chi connectivity index (χ0n) is 13.6. The van der Waals surface area contributed by atoms with E-state index >= 15 is 0 Å². The molecule has 126 valence electrons.